The van der Waals surface area contributed by atoms with Crippen LogP contribution in [0.3, 0.4) is 0 Å². The van der Waals surface area contributed by atoms with Crippen molar-refractivity contribution < 1.29 is 9.53 Å². The second-order valence-electron chi connectivity index (χ2n) is 7.82. The second-order valence-corrected chi connectivity index (χ2v) is 7.82. The first-order chi connectivity index (χ1) is 12.8. The Morgan fingerprint density at radius 2 is 1.65 bits per heavy atom. The van der Waals surface area contributed by atoms with E-state index in [4.69, 9.17) is 4.74 Å². The van der Waals surface area contributed by atoms with Crippen LogP contribution < -0.4 is 10.1 Å². The van der Waals surface area contributed by atoms with Gasteiger partial charge in [0.25, 0.3) is 0 Å². The number of hydrogen-bond acceptors (Lipinski definition) is 3. The van der Waals surface area contributed by atoms with Gasteiger partial charge in [-0.3, -0.25) is 9.69 Å². The summed E-state index contributed by atoms with van der Waals surface area (Å²) in [5.41, 5.74) is 1.27. The van der Waals surface area contributed by atoms with Crippen LogP contribution in [0, 0.1) is 5.92 Å². The SMILES string of the molecule is COc1ccc(C(CNC(=O)C2CCCCCC2)N2CCCCC2)cc1. The summed E-state index contributed by atoms with van der Waals surface area (Å²) in [6, 6.07) is 8.61. The van der Waals surface area contributed by atoms with Crippen molar-refractivity contribution in [1.82, 2.24) is 10.2 Å². The molecule has 2 aliphatic rings. The number of hydrogen-bond donors (Lipinski definition) is 1. The van der Waals surface area contributed by atoms with Crippen LogP contribution in [0.1, 0.15) is 69.4 Å². The van der Waals surface area contributed by atoms with Crippen molar-refractivity contribution in [3.63, 3.8) is 0 Å². The van der Waals surface area contributed by atoms with Gasteiger partial charge < -0.3 is 10.1 Å². The summed E-state index contributed by atoms with van der Waals surface area (Å²) in [7, 11) is 1.70. The summed E-state index contributed by atoms with van der Waals surface area (Å²) in [5, 5.41) is 3.29. The third-order valence-electron chi connectivity index (χ3n) is 6.03. The first-order valence-electron chi connectivity index (χ1n) is 10.4. The summed E-state index contributed by atoms with van der Waals surface area (Å²) in [5.74, 6) is 1.37. The van der Waals surface area contributed by atoms with Gasteiger partial charge in [-0.05, 0) is 56.5 Å². The number of carbonyl (C=O) groups excluding carboxylic acids is 1. The topological polar surface area (TPSA) is 41.6 Å². The van der Waals surface area contributed by atoms with Crippen LogP contribution in [-0.4, -0.2) is 37.6 Å². The Morgan fingerprint density at radius 1 is 1.04 bits per heavy atom. The number of amides is 1. The van der Waals surface area contributed by atoms with Crippen molar-refractivity contribution in [1.29, 1.82) is 0 Å². The van der Waals surface area contributed by atoms with Gasteiger partial charge in [0.05, 0.1) is 13.2 Å². The maximum Gasteiger partial charge on any atom is 0.223 e. The smallest absolute Gasteiger partial charge is 0.223 e. The van der Waals surface area contributed by atoms with E-state index in [2.05, 4.69) is 22.3 Å². The molecule has 1 N–H and O–H groups in total. The lowest BCUT2D eigenvalue weighted by Gasteiger charge is -2.35. The first-order valence-corrected chi connectivity index (χ1v) is 10.4. The number of likely N-dealkylation sites (tertiary alicyclic amines) is 1. The van der Waals surface area contributed by atoms with Crippen LogP contribution in [0.15, 0.2) is 24.3 Å². The molecule has 4 nitrogen and oxygen atoms in total. The van der Waals surface area contributed by atoms with E-state index in [-0.39, 0.29) is 17.9 Å². The van der Waals surface area contributed by atoms with E-state index in [1.807, 2.05) is 12.1 Å². The van der Waals surface area contributed by atoms with Gasteiger partial charge >= 0.3 is 0 Å². The molecular formula is C22H34N2O2. The summed E-state index contributed by atoms with van der Waals surface area (Å²) >= 11 is 0. The van der Waals surface area contributed by atoms with Crippen molar-refractivity contribution in [2.75, 3.05) is 26.7 Å². The Bertz CT molecular complexity index is 544. The van der Waals surface area contributed by atoms with Gasteiger partial charge in [-0.15, -0.1) is 0 Å². The molecule has 0 aromatic heterocycles. The fraction of sp³-hybridized carbons (Fsp3) is 0.682. The van der Waals surface area contributed by atoms with E-state index >= 15 is 0 Å². The number of carbonyl (C=O) groups is 1. The lowest BCUT2D eigenvalue weighted by atomic mass is 9.98. The first kappa shape index (κ1) is 19.2. The van der Waals surface area contributed by atoms with Gasteiger partial charge in [0.2, 0.25) is 5.91 Å². The fourth-order valence-electron chi connectivity index (χ4n) is 4.40. The van der Waals surface area contributed by atoms with Gasteiger partial charge in [0.15, 0.2) is 0 Å². The Morgan fingerprint density at radius 3 is 2.27 bits per heavy atom. The van der Waals surface area contributed by atoms with Crippen LogP contribution in [0.4, 0.5) is 0 Å². The molecular weight excluding hydrogens is 324 g/mol. The molecule has 1 unspecified atom stereocenters. The predicted octanol–water partition coefficient (Wildman–Crippen LogP) is 4.31. The normalized spacial score (nSPS) is 21.0. The summed E-state index contributed by atoms with van der Waals surface area (Å²) in [6.07, 6.45) is 10.9. The quantitative estimate of drug-likeness (QED) is 0.771. The largest absolute Gasteiger partial charge is 0.497 e. The molecule has 1 aliphatic carbocycles. The minimum atomic E-state index is 0.218. The number of nitrogens with one attached hydrogen (secondary N) is 1. The lowest BCUT2D eigenvalue weighted by Crippen LogP contribution is -2.42. The molecule has 1 atom stereocenters. The van der Waals surface area contributed by atoms with Crippen LogP contribution in [0.2, 0.25) is 0 Å². The Balaban J connectivity index is 1.65. The molecule has 2 fully saturated rings. The third kappa shape index (κ3) is 5.23. The minimum Gasteiger partial charge on any atom is -0.497 e. The number of nitrogens with zero attached hydrogens (tertiary/aromatic N) is 1. The predicted molar refractivity (Wildman–Crippen MR) is 105 cm³/mol. The molecule has 0 bridgehead atoms. The molecule has 4 heteroatoms. The summed E-state index contributed by atoms with van der Waals surface area (Å²) < 4.78 is 5.30. The Labute approximate surface area is 158 Å². The van der Waals surface area contributed by atoms with Gasteiger partial charge in [-0.25, -0.2) is 0 Å². The third-order valence-corrected chi connectivity index (χ3v) is 6.03. The van der Waals surface area contributed by atoms with E-state index < -0.39 is 0 Å². The van der Waals surface area contributed by atoms with E-state index in [0.29, 0.717) is 6.54 Å². The zero-order valence-corrected chi connectivity index (χ0v) is 16.2. The van der Waals surface area contributed by atoms with E-state index in [1.165, 1.54) is 50.5 Å². The zero-order valence-electron chi connectivity index (χ0n) is 16.2. The highest BCUT2D eigenvalue weighted by molar-refractivity contribution is 5.78. The van der Waals surface area contributed by atoms with Crippen LogP contribution in [0.25, 0.3) is 0 Å². The van der Waals surface area contributed by atoms with Gasteiger partial charge in [0.1, 0.15) is 5.75 Å². The molecule has 1 saturated carbocycles. The number of benzene rings is 1. The molecule has 1 heterocycles. The van der Waals surface area contributed by atoms with E-state index in [9.17, 15) is 4.79 Å². The van der Waals surface area contributed by atoms with E-state index in [0.717, 1.165) is 31.7 Å². The van der Waals surface area contributed by atoms with Crippen molar-refractivity contribution in [2.24, 2.45) is 5.92 Å². The van der Waals surface area contributed by atoms with Crippen molar-refractivity contribution in [2.45, 2.75) is 63.8 Å². The van der Waals surface area contributed by atoms with Crippen LogP contribution in [0.5, 0.6) is 5.75 Å². The fourth-order valence-corrected chi connectivity index (χ4v) is 4.40. The summed E-state index contributed by atoms with van der Waals surface area (Å²) in [4.78, 5) is 15.3. The average molecular weight is 359 g/mol. The molecule has 1 aromatic rings. The van der Waals surface area contributed by atoms with Crippen molar-refractivity contribution in [3.05, 3.63) is 29.8 Å². The highest BCUT2D eigenvalue weighted by atomic mass is 16.5. The number of rotatable bonds is 6. The molecule has 0 spiro atoms. The maximum atomic E-state index is 12.7. The molecule has 0 radical (unpaired) electrons. The lowest BCUT2D eigenvalue weighted by molar-refractivity contribution is -0.125. The zero-order chi connectivity index (χ0) is 18.2. The second kappa shape index (κ2) is 9.96. The Hall–Kier alpha value is -1.55. The molecule has 1 saturated heterocycles. The molecule has 1 aliphatic heterocycles. The van der Waals surface area contributed by atoms with E-state index in [1.54, 1.807) is 7.11 Å². The standard InChI is InChI=1S/C22H34N2O2/c1-26-20-13-11-18(12-14-20)21(24-15-7-4-8-16-24)17-23-22(25)19-9-5-2-3-6-10-19/h11-14,19,21H,2-10,15-17H2,1H3,(H,23,25). The number of methoxy groups -OCH3 is 1. The van der Waals surface area contributed by atoms with Gasteiger partial charge in [0, 0.05) is 12.5 Å². The highest BCUT2D eigenvalue weighted by Crippen LogP contribution is 2.27. The molecule has 3 rings (SSSR count). The van der Waals surface area contributed by atoms with Gasteiger partial charge in [-0.2, -0.15) is 0 Å². The average Bonchev–Trinajstić information content (AvgIpc) is 2.99. The molecule has 1 aromatic carbocycles. The van der Waals surface area contributed by atoms with Gasteiger partial charge in [-0.1, -0.05) is 44.2 Å². The molecule has 26 heavy (non-hydrogen) atoms. The van der Waals surface area contributed by atoms with Crippen LogP contribution in [-0.2, 0) is 4.79 Å². The van der Waals surface area contributed by atoms with Crippen LogP contribution >= 0.6 is 0 Å². The Kier molecular flexibility index (Phi) is 7.36. The summed E-state index contributed by atoms with van der Waals surface area (Å²) in [6.45, 7) is 2.95. The maximum absolute atomic E-state index is 12.7. The molecule has 144 valence electrons. The van der Waals surface area contributed by atoms with Crippen molar-refractivity contribution >= 4 is 5.91 Å². The molecule has 1 amide bonds. The van der Waals surface area contributed by atoms with Crippen molar-refractivity contribution in [3.8, 4) is 5.75 Å². The number of ether oxygens (including phenoxy) is 1. The highest BCUT2D eigenvalue weighted by Gasteiger charge is 2.25. The number of piperidine rings is 1. The minimum absolute atomic E-state index is 0.218. The monoisotopic (exact) mass is 358 g/mol.